The van der Waals surface area contributed by atoms with Crippen LogP contribution in [0.1, 0.15) is 48.6 Å². The number of ether oxygens (including phenoxy) is 3. The molecule has 0 aliphatic carbocycles. The lowest BCUT2D eigenvalue weighted by Crippen LogP contribution is -2.47. The molecule has 0 bridgehead atoms. The summed E-state index contributed by atoms with van der Waals surface area (Å²) in [5.41, 5.74) is -2.06. The lowest BCUT2D eigenvalue weighted by Gasteiger charge is -2.36. The fourth-order valence-corrected chi connectivity index (χ4v) is 6.49. The Morgan fingerprint density at radius 1 is 1.11 bits per heavy atom. The number of fused-ring (bicyclic) bond motifs is 1. The molecule has 2 aromatic rings. The number of hydrogen-bond donors (Lipinski definition) is 2. The van der Waals surface area contributed by atoms with E-state index in [1.165, 1.54) is 14.9 Å². The van der Waals surface area contributed by atoms with Crippen LogP contribution < -0.4 is 10.9 Å². The summed E-state index contributed by atoms with van der Waals surface area (Å²) in [4.78, 5) is 29.4. The van der Waals surface area contributed by atoms with Crippen molar-refractivity contribution in [1.82, 2.24) is 19.2 Å². The molecule has 1 spiro atoms. The predicted molar refractivity (Wildman–Crippen MR) is 129 cm³/mol. The van der Waals surface area contributed by atoms with Gasteiger partial charge in [-0.25, -0.2) is 17.8 Å². The number of carbonyl (C=O) groups excluding carboxylic acids is 1. The first-order valence-corrected chi connectivity index (χ1v) is 13.7. The van der Waals surface area contributed by atoms with Crippen LogP contribution in [-0.2, 0) is 42.9 Å². The van der Waals surface area contributed by atoms with Gasteiger partial charge in [-0.3, -0.25) is 14.2 Å². The molecular formula is C24H29FN4O8S. The molecule has 1 amide bonds. The van der Waals surface area contributed by atoms with E-state index in [0.29, 0.717) is 26.1 Å². The minimum atomic E-state index is -4.02. The standard InChI is InChI=1S/C24H29FN4O8S/c1-23(2)22-27-18(19(30)21(32)29(22)7-8-35-23)20(31)26-14-15-11-16(25)13-17(12-15)38(33,34)28-5-3-24(4-6-28)36-9-10-37-24/h11-13,30H,3-10,14H2,1-2H3,(H,26,31). The quantitative estimate of drug-likeness (QED) is 0.550. The molecule has 1 aromatic heterocycles. The summed E-state index contributed by atoms with van der Waals surface area (Å²) in [6.07, 6.45) is 0.729. The summed E-state index contributed by atoms with van der Waals surface area (Å²) >= 11 is 0. The highest BCUT2D eigenvalue weighted by molar-refractivity contribution is 7.89. The third-order valence-corrected chi connectivity index (χ3v) is 8.87. The molecular weight excluding hydrogens is 523 g/mol. The van der Waals surface area contributed by atoms with Crippen molar-refractivity contribution in [3.8, 4) is 5.75 Å². The third kappa shape index (κ3) is 4.82. The number of carbonyl (C=O) groups is 1. The first kappa shape index (κ1) is 26.7. The molecule has 4 heterocycles. The fourth-order valence-electron chi connectivity index (χ4n) is 4.97. The van der Waals surface area contributed by atoms with Crippen LogP contribution in [0, 0.1) is 5.82 Å². The zero-order valence-corrected chi connectivity index (χ0v) is 21.8. The molecule has 206 valence electrons. The molecule has 12 nitrogen and oxygen atoms in total. The number of nitrogens with one attached hydrogen (secondary N) is 1. The van der Waals surface area contributed by atoms with Gasteiger partial charge in [-0.1, -0.05) is 0 Å². The minimum Gasteiger partial charge on any atom is -0.501 e. The molecule has 0 unspecified atom stereocenters. The van der Waals surface area contributed by atoms with Gasteiger partial charge in [-0.05, 0) is 37.6 Å². The van der Waals surface area contributed by atoms with Gasteiger partial charge in [-0.2, -0.15) is 4.31 Å². The Balaban J connectivity index is 1.33. The van der Waals surface area contributed by atoms with E-state index in [4.69, 9.17) is 14.2 Å². The number of piperidine rings is 1. The topological polar surface area (TPSA) is 149 Å². The number of amides is 1. The molecule has 2 saturated heterocycles. The average molecular weight is 553 g/mol. The maximum atomic E-state index is 14.5. The van der Waals surface area contributed by atoms with Crippen molar-refractivity contribution in [2.24, 2.45) is 0 Å². The van der Waals surface area contributed by atoms with E-state index in [9.17, 15) is 27.5 Å². The van der Waals surface area contributed by atoms with Crippen LogP contribution in [0.4, 0.5) is 4.39 Å². The largest absolute Gasteiger partial charge is 0.501 e. The molecule has 5 rings (SSSR count). The van der Waals surface area contributed by atoms with E-state index in [2.05, 4.69) is 10.3 Å². The van der Waals surface area contributed by atoms with Crippen LogP contribution in [-0.4, -0.2) is 72.0 Å². The normalized spacial score (nSPS) is 20.8. The molecule has 14 heteroatoms. The van der Waals surface area contributed by atoms with Gasteiger partial charge in [0.05, 0.1) is 31.3 Å². The maximum Gasteiger partial charge on any atom is 0.296 e. The van der Waals surface area contributed by atoms with E-state index in [1.54, 1.807) is 13.8 Å². The smallest absolute Gasteiger partial charge is 0.296 e. The van der Waals surface area contributed by atoms with Gasteiger partial charge < -0.3 is 24.6 Å². The first-order valence-electron chi connectivity index (χ1n) is 12.3. The second-order valence-corrected chi connectivity index (χ2v) is 11.9. The van der Waals surface area contributed by atoms with Crippen LogP contribution in [0.2, 0.25) is 0 Å². The van der Waals surface area contributed by atoms with E-state index in [1.807, 2.05) is 0 Å². The van der Waals surface area contributed by atoms with Crippen LogP contribution in [0.15, 0.2) is 27.9 Å². The van der Waals surface area contributed by atoms with Crippen molar-refractivity contribution in [3.05, 3.63) is 51.5 Å². The summed E-state index contributed by atoms with van der Waals surface area (Å²) < 4.78 is 60.4. The predicted octanol–water partition coefficient (Wildman–Crippen LogP) is 0.811. The van der Waals surface area contributed by atoms with E-state index in [0.717, 1.165) is 12.1 Å². The second-order valence-electron chi connectivity index (χ2n) is 9.94. The third-order valence-electron chi connectivity index (χ3n) is 7.00. The number of rotatable bonds is 5. The Morgan fingerprint density at radius 3 is 2.47 bits per heavy atom. The molecule has 2 fully saturated rings. The van der Waals surface area contributed by atoms with Crippen molar-refractivity contribution in [2.45, 2.75) is 56.1 Å². The Morgan fingerprint density at radius 2 is 1.79 bits per heavy atom. The highest BCUT2D eigenvalue weighted by atomic mass is 32.2. The molecule has 0 saturated carbocycles. The maximum absolute atomic E-state index is 14.5. The van der Waals surface area contributed by atoms with Crippen molar-refractivity contribution < 1.29 is 36.9 Å². The molecule has 38 heavy (non-hydrogen) atoms. The summed E-state index contributed by atoms with van der Waals surface area (Å²) in [6, 6.07) is 3.29. The number of aromatic nitrogens is 2. The SMILES string of the molecule is CC1(C)OCCn2c1nc(C(=O)NCc1cc(F)cc(S(=O)(=O)N3CCC4(CC3)OCCO4)c1)c(O)c2=O. The zero-order chi connectivity index (χ0) is 27.3. The van der Waals surface area contributed by atoms with Gasteiger partial charge in [0.25, 0.3) is 11.5 Å². The van der Waals surface area contributed by atoms with Gasteiger partial charge in [0.1, 0.15) is 17.2 Å². The van der Waals surface area contributed by atoms with Crippen LogP contribution in [0.5, 0.6) is 5.75 Å². The van der Waals surface area contributed by atoms with Crippen LogP contribution in [0.25, 0.3) is 0 Å². The van der Waals surface area contributed by atoms with Crippen molar-refractivity contribution in [2.75, 3.05) is 32.9 Å². The van der Waals surface area contributed by atoms with E-state index in [-0.39, 0.29) is 49.1 Å². The molecule has 1 aromatic carbocycles. The van der Waals surface area contributed by atoms with Gasteiger partial charge in [0.2, 0.25) is 15.8 Å². The first-order chi connectivity index (χ1) is 17.9. The van der Waals surface area contributed by atoms with Crippen molar-refractivity contribution in [3.63, 3.8) is 0 Å². The lowest BCUT2D eigenvalue weighted by molar-refractivity contribution is -0.179. The van der Waals surface area contributed by atoms with E-state index < -0.39 is 50.1 Å². The van der Waals surface area contributed by atoms with Gasteiger partial charge >= 0.3 is 0 Å². The fraction of sp³-hybridized carbons (Fsp3) is 0.542. The molecule has 0 radical (unpaired) electrons. The number of benzene rings is 1. The lowest BCUT2D eigenvalue weighted by atomic mass is 10.1. The summed E-state index contributed by atoms with van der Waals surface area (Å²) in [6.45, 7) is 4.77. The Labute approximate surface area is 218 Å². The Hall–Kier alpha value is -2.91. The van der Waals surface area contributed by atoms with Gasteiger partial charge in [-0.15, -0.1) is 0 Å². The molecule has 3 aliphatic rings. The number of nitrogens with zero attached hydrogens (tertiary/aromatic N) is 3. The average Bonchev–Trinajstić information content (AvgIpc) is 3.32. The van der Waals surface area contributed by atoms with Crippen molar-refractivity contribution in [1.29, 1.82) is 0 Å². The summed E-state index contributed by atoms with van der Waals surface area (Å²) in [7, 11) is -4.02. The monoisotopic (exact) mass is 552 g/mol. The second kappa shape index (κ2) is 9.68. The van der Waals surface area contributed by atoms with Crippen LogP contribution >= 0.6 is 0 Å². The minimum absolute atomic E-state index is 0.157. The summed E-state index contributed by atoms with van der Waals surface area (Å²) in [5, 5.41) is 12.8. The highest BCUT2D eigenvalue weighted by Crippen LogP contribution is 2.33. The number of hydrogen-bond acceptors (Lipinski definition) is 9. The van der Waals surface area contributed by atoms with Gasteiger partial charge in [0.15, 0.2) is 11.5 Å². The van der Waals surface area contributed by atoms with Crippen molar-refractivity contribution >= 4 is 15.9 Å². The number of sulfonamides is 1. The van der Waals surface area contributed by atoms with E-state index >= 15 is 0 Å². The number of aromatic hydroxyl groups is 1. The van der Waals surface area contributed by atoms with Gasteiger partial charge in [0, 0.05) is 32.5 Å². The Bertz CT molecular complexity index is 1430. The van der Waals surface area contributed by atoms with Crippen LogP contribution in [0.3, 0.4) is 0 Å². The number of halogens is 1. The molecule has 0 atom stereocenters. The Kier molecular flexibility index (Phi) is 6.80. The zero-order valence-electron chi connectivity index (χ0n) is 21.0. The summed E-state index contributed by atoms with van der Waals surface area (Å²) in [5.74, 6) is -3.06. The molecule has 2 N–H and O–H groups in total. The highest BCUT2D eigenvalue weighted by Gasteiger charge is 2.43. The molecule has 3 aliphatic heterocycles.